The number of ether oxygens (including phenoxy) is 2. The highest BCUT2D eigenvalue weighted by Crippen LogP contribution is 2.46. The van der Waals surface area contributed by atoms with E-state index in [1.165, 1.54) is 30.4 Å². The van der Waals surface area contributed by atoms with E-state index in [1.807, 2.05) is 12.1 Å². The van der Waals surface area contributed by atoms with Gasteiger partial charge < -0.3 is 14.0 Å². The fourth-order valence-corrected chi connectivity index (χ4v) is 4.96. The molecule has 2 aliphatic rings. The van der Waals surface area contributed by atoms with Gasteiger partial charge in [0.05, 0.1) is 25.9 Å². The summed E-state index contributed by atoms with van der Waals surface area (Å²) >= 11 is 0. The van der Waals surface area contributed by atoms with Crippen molar-refractivity contribution in [2.45, 2.75) is 13.3 Å². The standard InChI is InChI=1S/C28H28FN3O4/c1-28(18-32-12-14-35-15-13-32)17-21(9-11-23(28)19-6-4-3-5-7-19)26-30-25(31-36-26)20-8-10-22(24(29)16-20)27(33)34-2/h3-11,16H,12-15,17-18H2,1-2H3. The maximum Gasteiger partial charge on any atom is 0.340 e. The molecule has 0 radical (unpaired) electrons. The number of nitrogens with zero attached hydrogens (tertiary/aromatic N) is 3. The molecule has 1 unspecified atom stereocenters. The van der Waals surface area contributed by atoms with Gasteiger partial charge in [-0.2, -0.15) is 4.98 Å². The SMILES string of the molecule is COC(=O)c1ccc(-c2noc(C3=CC=C(c4ccccc4)C(C)(CN4CCOCC4)C3)n2)cc1F. The second kappa shape index (κ2) is 10.2. The van der Waals surface area contributed by atoms with Crippen LogP contribution in [0.15, 0.2) is 65.2 Å². The van der Waals surface area contributed by atoms with Crippen LogP contribution >= 0.6 is 0 Å². The lowest BCUT2D eigenvalue weighted by Crippen LogP contribution is -2.43. The van der Waals surface area contributed by atoms with Gasteiger partial charge in [0.25, 0.3) is 5.89 Å². The van der Waals surface area contributed by atoms with Gasteiger partial charge in [0.15, 0.2) is 0 Å². The fourth-order valence-electron chi connectivity index (χ4n) is 4.96. The van der Waals surface area contributed by atoms with Crippen LogP contribution in [0.5, 0.6) is 0 Å². The van der Waals surface area contributed by atoms with E-state index in [0.29, 0.717) is 17.9 Å². The molecule has 1 fully saturated rings. The fraction of sp³-hybridized carbons (Fsp3) is 0.321. The molecule has 1 aromatic heterocycles. The van der Waals surface area contributed by atoms with Crippen molar-refractivity contribution in [2.75, 3.05) is 40.0 Å². The first-order valence-electron chi connectivity index (χ1n) is 12.0. The van der Waals surface area contributed by atoms with E-state index in [2.05, 4.69) is 57.0 Å². The highest BCUT2D eigenvalue weighted by Gasteiger charge is 2.36. The van der Waals surface area contributed by atoms with Gasteiger partial charge in [0, 0.05) is 36.2 Å². The van der Waals surface area contributed by atoms with Crippen LogP contribution in [-0.4, -0.2) is 61.0 Å². The summed E-state index contributed by atoms with van der Waals surface area (Å²) in [6.45, 7) is 6.41. The molecule has 1 aliphatic heterocycles. The first kappa shape index (κ1) is 24.1. The van der Waals surface area contributed by atoms with Crippen LogP contribution in [0.4, 0.5) is 4.39 Å². The Hall–Kier alpha value is -3.62. The molecule has 5 rings (SSSR count). The average Bonchev–Trinajstić information content (AvgIpc) is 3.39. The number of esters is 1. The molecule has 8 heteroatoms. The summed E-state index contributed by atoms with van der Waals surface area (Å²) in [6, 6.07) is 14.6. The van der Waals surface area contributed by atoms with Crippen molar-refractivity contribution in [3.8, 4) is 11.4 Å². The van der Waals surface area contributed by atoms with Gasteiger partial charge in [0.2, 0.25) is 5.82 Å². The molecule has 1 atom stereocenters. The third-order valence-electron chi connectivity index (χ3n) is 6.78. The molecule has 0 spiro atoms. The second-order valence-corrected chi connectivity index (χ2v) is 9.37. The van der Waals surface area contributed by atoms with Gasteiger partial charge >= 0.3 is 5.97 Å². The third-order valence-corrected chi connectivity index (χ3v) is 6.78. The van der Waals surface area contributed by atoms with E-state index >= 15 is 0 Å². The number of halogens is 1. The summed E-state index contributed by atoms with van der Waals surface area (Å²) in [6.07, 6.45) is 4.88. The van der Waals surface area contributed by atoms with Gasteiger partial charge in [-0.25, -0.2) is 9.18 Å². The number of carbonyl (C=O) groups is 1. The Labute approximate surface area is 209 Å². The molecule has 7 nitrogen and oxygen atoms in total. The monoisotopic (exact) mass is 489 g/mol. The average molecular weight is 490 g/mol. The number of aromatic nitrogens is 2. The number of rotatable bonds is 6. The minimum atomic E-state index is -0.735. The Kier molecular flexibility index (Phi) is 6.80. The molecular formula is C28H28FN3O4. The van der Waals surface area contributed by atoms with Crippen LogP contribution in [0.3, 0.4) is 0 Å². The Bertz CT molecular complexity index is 1310. The van der Waals surface area contributed by atoms with Crippen LogP contribution < -0.4 is 0 Å². The molecular weight excluding hydrogens is 461 g/mol. The van der Waals surface area contributed by atoms with Crippen LogP contribution in [0, 0.1) is 11.2 Å². The quantitative estimate of drug-likeness (QED) is 0.457. The largest absolute Gasteiger partial charge is 0.465 e. The minimum absolute atomic E-state index is 0.141. The van der Waals surface area contributed by atoms with Crippen LogP contribution in [0.1, 0.15) is 35.2 Å². The van der Waals surface area contributed by atoms with Gasteiger partial charge in [-0.15, -0.1) is 0 Å². The molecule has 1 aliphatic carbocycles. The molecule has 186 valence electrons. The molecule has 0 amide bonds. The van der Waals surface area contributed by atoms with E-state index in [1.54, 1.807) is 6.07 Å². The summed E-state index contributed by atoms with van der Waals surface area (Å²) in [5.74, 6) is -0.773. The zero-order valence-corrected chi connectivity index (χ0v) is 20.4. The number of methoxy groups -OCH3 is 1. The van der Waals surface area contributed by atoms with Crippen molar-refractivity contribution in [3.63, 3.8) is 0 Å². The Morgan fingerprint density at radius 1 is 1.11 bits per heavy atom. The minimum Gasteiger partial charge on any atom is -0.465 e. The van der Waals surface area contributed by atoms with Crippen LogP contribution in [0.25, 0.3) is 22.5 Å². The van der Waals surface area contributed by atoms with Crippen molar-refractivity contribution < 1.29 is 23.2 Å². The van der Waals surface area contributed by atoms with E-state index < -0.39 is 11.8 Å². The Morgan fingerprint density at radius 2 is 1.89 bits per heavy atom. The van der Waals surface area contributed by atoms with E-state index in [4.69, 9.17) is 9.26 Å². The van der Waals surface area contributed by atoms with Crippen molar-refractivity contribution in [3.05, 3.63) is 83.5 Å². The zero-order valence-electron chi connectivity index (χ0n) is 20.4. The summed E-state index contributed by atoms with van der Waals surface area (Å²) in [5, 5.41) is 4.08. The number of carbonyl (C=O) groups excluding carboxylic acids is 1. The summed E-state index contributed by atoms with van der Waals surface area (Å²) in [5.41, 5.74) is 3.47. The predicted molar refractivity (Wildman–Crippen MR) is 133 cm³/mol. The first-order valence-corrected chi connectivity index (χ1v) is 12.0. The molecule has 2 aromatic carbocycles. The van der Waals surface area contributed by atoms with Gasteiger partial charge in [-0.1, -0.05) is 54.6 Å². The topological polar surface area (TPSA) is 77.7 Å². The van der Waals surface area contributed by atoms with Crippen molar-refractivity contribution in [2.24, 2.45) is 5.41 Å². The Balaban J connectivity index is 1.45. The maximum absolute atomic E-state index is 14.4. The van der Waals surface area contributed by atoms with E-state index in [-0.39, 0.29) is 16.8 Å². The molecule has 3 aromatic rings. The number of morpholine rings is 1. The normalized spacial score (nSPS) is 20.5. The smallest absolute Gasteiger partial charge is 0.340 e. The van der Waals surface area contributed by atoms with Crippen LogP contribution in [-0.2, 0) is 9.47 Å². The van der Waals surface area contributed by atoms with E-state index in [9.17, 15) is 9.18 Å². The molecule has 0 bridgehead atoms. The van der Waals surface area contributed by atoms with Gasteiger partial charge in [0.1, 0.15) is 5.82 Å². The number of hydrogen-bond donors (Lipinski definition) is 0. The Morgan fingerprint density at radius 3 is 2.61 bits per heavy atom. The third kappa shape index (κ3) is 4.87. The lowest BCUT2D eigenvalue weighted by molar-refractivity contribution is 0.0263. The predicted octanol–water partition coefficient (Wildman–Crippen LogP) is 4.87. The second-order valence-electron chi connectivity index (χ2n) is 9.37. The summed E-state index contributed by atoms with van der Waals surface area (Å²) < 4.78 is 30.2. The molecule has 0 saturated carbocycles. The number of benzene rings is 2. The summed E-state index contributed by atoms with van der Waals surface area (Å²) in [4.78, 5) is 18.7. The molecule has 0 N–H and O–H groups in total. The highest BCUT2D eigenvalue weighted by atomic mass is 19.1. The van der Waals surface area contributed by atoms with Crippen LogP contribution in [0.2, 0.25) is 0 Å². The molecule has 2 heterocycles. The van der Waals surface area contributed by atoms with Crippen molar-refractivity contribution in [1.29, 1.82) is 0 Å². The lowest BCUT2D eigenvalue weighted by atomic mass is 9.70. The van der Waals surface area contributed by atoms with Gasteiger partial charge in [-0.05, 0) is 35.8 Å². The van der Waals surface area contributed by atoms with E-state index in [0.717, 1.165) is 38.4 Å². The maximum atomic E-state index is 14.4. The lowest BCUT2D eigenvalue weighted by Gasteiger charge is -2.40. The van der Waals surface area contributed by atoms with Crippen molar-refractivity contribution in [1.82, 2.24) is 15.0 Å². The highest BCUT2D eigenvalue weighted by molar-refractivity contribution is 5.90. The molecule has 36 heavy (non-hydrogen) atoms. The summed E-state index contributed by atoms with van der Waals surface area (Å²) in [7, 11) is 1.21. The zero-order chi connectivity index (χ0) is 25.1. The number of hydrogen-bond acceptors (Lipinski definition) is 7. The number of allylic oxidation sites excluding steroid dienone is 3. The first-order chi connectivity index (χ1) is 17.5. The molecule has 1 saturated heterocycles. The van der Waals surface area contributed by atoms with Crippen molar-refractivity contribution >= 4 is 17.1 Å². The van der Waals surface area contributed by atoms with Gasteiger partial charge in [-0.3, -0.25) is 4.90 Å².